The van der Waals surface area contributed by atoms with Crippen molar-refractivity contribution in [1.82, 2.24) is 4.90 Å². The molecule has 0 bridgehead atoms. The minimum Gasteiger partial charge on any atom is -0.327 e. The molecule has 19 heavy (non-hydrogen) atoms. The van der Waals surface area contributed by atoms with Crippen molar-refractivity contribution < 1.29 is 8.42 Å². The molecule has 0 amide bonds. The van der Waals surface area contributed by atoms with E-state index in [-0.39, 0.29) is 17.7 Å². The Labute approximate surface area is 123 Å². The molecule has 1 heterocycles. The van der Waals surface area contributed by atoms with Gasteiger partial charge >= 0.3 is 0 Å². The van der Waals surface area contributed by atoms with Crippen molar-refractivity contribution in [2.75, 3.05) is 25.4 Å². The van der Waals surface area contributed by atoms with E-state index in [1.807, 2.05) is 0 Å². The van der Waals surface area contributed by atoms with Crippen molar-refractivity contribution >= 4 is 22.2 Å². The third-order valence-electron chi connectivity index (χ3n) is 4.64. The first-order valence-electron chi connectivity index (χ1n) is 7.09. The van der Waals surface area contributed by atoms with Crippen molar-refractivity contribution in [2.24, 2.45) is 17.6 Å². The van der Waals surface area contributed by atoms with Gasteiger partial charge in [-0.1, -0.05) is 6.42 Å². The number of hydrogen-bond acceptors (Lipinski definition) is 4. The first kappa shape index (κ1) is 17.2. The minimum atomic E-state index is -2.90. The van der Waals surface area contributed by atoms with Crippen LogP contribution in [0.25, 0.3) is 0 Å². The lowest BCUT2D eigenvalue weighted by Gasteiger charge is -2.29. The average Bonchev–Trinajstić information content (AvgIpc) is 2.71. The zero-order valence-corrected chi connectivity index (χ0v) is 13.5. The molecule has 0 aromatic carbocycles. The molecule has 0 aromatic heterocycles. The van der Waals surface area contributed by atoms with Gasteiger partial charge in [0, 0.05) is 25.7 Å². The SMILES string of the molecule is CC(C)S(=O)(=O)CCN1CC2CCCC(N)C2C1.Cl. The van der Waals surface area contributed by atoms with Gasteiger partial charge in [0.05, 0.1) is 11.0 Å². The predicted octanol–water partition coefficient (Wildman–Crippen LogP) is 1.29. The normalized spacial score (nSPS) is 32.1. The molecule has 3 atom stereocenters. The summed E-state index contributed by atoms with van der Waals surface area (Å²) in [5, 5.41) is -0.260. The molecule has 1 saturated carbocycles. The smallest absolute Gasteiger partial charge is 0.153 e. The minimum absolute atomic E-state index is 0. The fourth-order valence-electron chi connectivity index (χ4n) is 3.28. The van der Waals surface area contributed by atoms with E-state index < -0.39 is 9.84 Å². The average molecular weight is 311 g/mol. The Morgan fingerprint density at radius 1 is 1.26 bits per heavy atom. The highest BCUT2D eigenvalue weighted by Crippen LogP contribution is 2.35. The van der Waals surface area contributed by atoms with Crippen molar-refractivity contribution in [3.63, 3.8) is 0 Å². The maximum Gasteiger partial charge on any atom is 0.153 e. The van der Waals surface area contributed by atoms with Crippen LogP contribution >= 0.6 is 12.4 Å². The number of rotatable bonds is 4. The highest BCUT2D eigenvalue weighted by molar-refractivity contribution is 7.92. The van der Waals surface area contributed by atoms with E-state index in [0.29, 0.717) is 30.2 Å². The molecule has 114 valence electrons. The van der Waals surface area contributed by atoms with Gasteiger partial charge in [-0.15, -0.1) is 12.4 Å². The van der Waals surface area contributed by atoms with E-state index in [1.165, 1.54) is 12.8 Å². The Bertz CT molecular complexity index is 386. The summed E-state index contributed by atoms with van der Waals surface area (Å²) in [5.41, 5.74) is 6.17. The first-order valence-corrected chi connectivity index (χ1v) is 8.81. The zero-order chi connectivity index (χ0) is 13.3. The molecule has 4 nitrogen and oxygen atoms in total. The summed E-state index contributed by atoms with van der Waals surface area (Å²) in [6, 6.07) is 0.329. The van der Waals surface area contributed by atoms with E-state index in [9.17, 15) is 8.42 Å². The molecule has 3 unspecified atom stereocenters. The fourth-order valence-corrected chi connectivity index (χ4v) is 4.27. The number of likely N-dealkylation sites (tertiary alicyclic amines) is 1. The van der Waals surface area contributed by atoms with Crippen LogP contribution in [0.2, 0.25) is 0 Å². The third-order valence-corrected chi connectivity index (χ3v) is 6.83. The van der Waals surface area contributed by atoms with Crippen LogP contribution in [0.1, 0.15) is 33.1 Å². The predicted molar refractivity (Wildman–Crippen MR) is 81.4 cm³/mol. The van der Waals surface area contributed by atoms with Gasteiger partial charge in [0.25, 0.3) is 0 Å². The van der Waals surface area contributed by atoms with E-state index in [1.54, 1.807) is 13.8 Å². The molecule has 0 aromatic rings. The van der Waals surface area contributed by atoms with Gasteiger partial charge in [-0.25, -0.2) is 8.42 Å². The Hall–Kier alpha value is 0.160. The van der Waals surface area contributed by atoms with Gasteiger partial charge in [0.2, 0.25) is 0 Å². The summed E-state index contributed by atoms with van der Waals surface area (Å²) < 4.78 is 23.6. The van der Waals surface area contributed by atoms with E-state index in [2.05, 4.69) is 4.90 Å². The van der Waals surface area contributed by atoms with E-state index >= 15 is 0 Å². The van der Waals surface area contributed by atoms with Crippen molar-refractivity contribution in [3.8, 4) is 0 Å². The highest BCUT2D eigenvalue weighted by atomic mass is 35.5. The number of sulfone groups is 1. The lowest BCUT2D eigenvalue weighted by Crippen LogP contribution is -2.38. The second kappa shape index (κ2) is 6.74. The lowest BCUT2D eigenvalue weighted by molar-refractivity contribution is 0.259. The van der Waals surface area contributed by atoms with Gasteiger partial charge in [0.1, 0.15) is 0 Å². The number of hydrogen-bond donors (Lipinski definition) is 1. The molecule has 2 rings (SSSR count). The van der Waals surface area contributed by atoms with Gasteiger partial charge < -0.3 is 10.6 Å². The van der Waals surface area contributed by atoms with Crippen LogP contribution in [0.15, 0.2) is 0 Å². The van der Waals surface area contributed by atoms with Crippen LogP contribution < -0.4 is 5.73 Å². The molecule has 0 radical (unpaired) electrons. The highest BCUT2D eigenvalue weighted by Gasteiger charge is 2.38. The fraction of sp³-hybridized carbons (Fsp3) is 1.00. The van der Waals surface area contributed by atoms with Crippen molar-refractivity contribution in [2.45, 2.75) is 44.4 Å². The Kier molecular flexibility index (Phi) is 6.11. The van der Waals surface area contributed by atoms with Crippen molar-refractivity contribution in [1.29, 1.82) is 0 Å². The van der Waals surface area contributed by atoms with E-state index in [0.717, 1.165) is 19.5 Å². The zero-order valence-electron chi connectivity index (χ0n) is 11.9. The van der Waals surface area contributed by atoms with E-state index in [4.69, 9.17) is 5.73 Å². The van der Waals surface area contributed by atoms with Crippen LogP contribution in [-0.2, 0) is 9.84 Å². The number of nitrogens with zero attached hydrogens (tertiary/aromatic N) is 1. The van der Waals surface area contributed by atoms with Crippen LogP contribution in [0.3, 0.4) is 0 Å². The molecule has 2 aliphatic rings. The topological polar surface area (TPSA) is 63.4 Å². The van der Waals surface area contributed by atoms with Crippen molar-refractivity contribution in [3.05, 3.63) is 0 Å². The summed E-state index contributed by atoms with van der Waals surface area (Å²) in [5.74, 6) is 1.59. The molecule has 6 heteroatoms. The van der Waals surface area contributed by atoms with Crippen LogP contribution in [0, 0.1) is 11.8 Å². The molecular weight excluding hydrogens is 284 g/mol. The standard InChI is InChI=1S/C13H26N2O2S.ClH/c1-10(2)18(16,17)7-6-15-8-11-4-3-5-13(14)12(11)9-15;/h10-13H,3-9,14H2,1-2H3;1H. The molecule has 1 aliphatic heterocycles. The van der Waals surface area contributed by atoms with Crippen LogP contribution in [0.4, 0.5) is 0 Å². The number of nitrogens with two attached hydrogens (primary N) is 1. The number of halogens is 1. The first-order chi connectivity index (χ1) is 8.40. The monoisotopic (exact) mass is 310 g/mol. The van der Waals surface area contributed by atoms with Gasteiger partial charge in [-0.3, -0.25) is 0 Å². The van der Waals surface area contributed by atoms with Gasteiger partial charge in [-0.2, -0.15) is 0 Å². The molecular formula is C13H27ClN2O2S. The maximum atomic E-state index is 11.8. The molecule has 2 fully saturated rings. The summed E-state index contributed by atoms with van der Waals surface area (Å²) in [6.45, 7) is 6.25. The quantitative estimate of drug-likeness (QED) is 0.850. The molecule has 2 N–H and O–H groups in total. The lowest BCUT2D eigenvalue weighted by atomic mass is 9.78. The largest absolute Gasteiger partial charge is 0.327 e. The van der Waals surface area contributed by atoms with Crippen LogP contribution in [-0.4, -0.2) is 50.0 Å². The summed E-state index contributed by atoms with van der Waals surface area (Å²) in [7, 11) is -2.90. The van der Waals surface area contributed by atoms with Gasteiger partial charge in [0.15, 0.2) is 9.84 Å². The summed E-state index contributed by atoms with van der Waals surface area (Å²) >= 11 is 0. The molecule has 0 spiro atoms. The number of fused-ring (bicyclic) bond motifs is 1. The molecule has 1 saturated heterocycles. The summed E-state index contributed by atoms with van der Waals surface area (Å²) in [6.07, 6.45) is 3.64. The third kappa shape index (κ3) is 4.06. The Morgan fingerprint density at radius 2 is 1.95 bits per heavy atom. The van der Waals surface area contributed by atoms with Gasteiger partial charge in [-0.05, 0) is 38.5 Å². The Morgan fingerprint density at radius 3 is 2.53 bits per heavy atom. The second-order valence-electron chi connectivity index (χ2n) is 6.19. The summed E-state index contributed by atoms with van der Waals surface area (Å²) in [4.78, 5) is 2.31. The maximum absolute atomic E-state index is 11.8. The Balaban J connectivity index is 0.00000180. The second-order valence-corrected chi connectivity index (χ2v) is 8.87. The van der Waals surface area contributed by atoms with Crippen LogP contribution in [0.5, 0.6) is 0 Å². The molecule has 1 aliphatic carbocycles.